The van der Waals surface area contributed by atoms with E-state index in [0.29, 0.717) is 24.3 Å². The highest BCUT2D eigenvalue weighted by atomic mass is 35.5. The number of amides is 1. The van der Waals surface area contributed by atoms with E-state index in [1.54, 1.807) is 11.0 Å². The van der Waals surface area contributed by atoms with Crippen LogP contribution >= 0.6 is 11.6 Å². The molecular formula is C13H21ClN4O. The lowest BCUT2D eigenvalue weighted by Gasteiger charge is -2.24. The zero-order valence-corrected chi connectivity index (χ0v) is 12.4. The minimum Gasteiger partial charge on any atom is -0.397 e. The molecule has 0 bridgehead atoms. The lowest BCUT2D eigenvalue weighted by molar-refractivity contribution is 0.0745. The second-order valence-electron chi connectivity index (χ2n) is 4.70. The van der Waals surface area contributed by atoms with E-state index in [1.165, 1.54) is 6.20 Å². The second kappa shape index (κ2) is 7.31. The van der Waals surface area contributed by atoms with Gasteiger partial charge in [0.15, 0.2) is 0 Å². The van der Waals surface area contributed by atoms with Crippen molar-refractivity contribution in [3.63, 3.8) is 0 Å². The first-order chi connectivity index (χ1) is 8.95. The molecule has 1 rings (SSSR count). The number of hydrogen-bond acceptors (Lipinski definition) is 4. The van der Waals surface area contributed by atoms with Crippen LogP contribution in [0, 0.1) is 0 Å². The fourth-order valence-corrected chi connectivity index (χ4v) is 1.87. The van der Waals surface area contributed by atoms with E-state index in [-0.39, 0.29) is 11.1 Å². The molecular weight excluding hydrogens is 264 g/mol. The minimum atomic E-state index is -0.117. The number of aromatic nitrogens is 1. The van der Waals surface area contributed by atoms with Crippen LogP contribution < -0.4 is 5.73 Å². The Balaban J connectivity index is 2.88. The molecule has 0 unspecified atom stereocenters. The van der Waals surface area contributed by atoms with Crippen LogP contribution in [0.4, 0.5) is 5.69 Å². The monoisotopic (exact) mass is 284 g/mol. The molecule has 0 radical (unpaired) electrons. The van der Waals surface area contributed by atoms with Gasteiger partial charge in [-0.3, -0.25) is 4.79 Å². The molecule has 1 aromatic heterocycles. The maximum absolute atomic E-state index is 12.4. The first kappa shape index (κ1) is 15.7. The number of hydrogen-bond donors (Lipinski definition) is 1. The number of pyridine rings is 1. The van der Waals surface area contributed by atoms with E-state index < -0.39 is 0 Å². The lowest BCUT2D eigenvalue weighted by Crippen LogP contribution is -2.37. The SMILES string of the molecule is CCCN(CCN(C)C)C(=O)c1cc(N)cnc1Cl. The topological polar surface area (TPSA) is 62.5 Å². The molecule has 0 aromatic carbocycles. The summed E-state index contributed by atoms with van der Waals surface area (Å²) in [5.41, 5.74) is 6.47. The van der Waals surface area contributed by atoms with Gasteiger partial charge in [0.05, 0.1) is 17.4 Å². The fraction of sp³-hybridized carbons (Fsp3) is 0.538. The van der Waals surface area contributed by atoms with E-state index in [1.807, 2.05) is 25.9 Å². The Hall–Kier alpha value is -1.33. The highest BCUT2D eigenvalue weighted by Crippen LogP contribution is 2.17. The molecule has 0 aliphatic rings. The predicted octanol–water partition coefficient (Wildman–Crippen LogP) is 1.73. The summed E-state index contributed by atoms with van der Waals surface area (Å²) in [7, 11) is 3.95. The molecule has 2 N–H and O–H groups in total. The molecule has 0 atom stereocenters. The molecule has 0 fully saturated rings. The molecule has 5 nitrogen and oxygen atoms in total. The Morgan fingerprint density at radius 3 is 2.63 bits per heavy atom. The number of nitrogen functional groups attached to an aromatic ring is 1. The number of anilines is 1. The van der Waals surface area contributed by atoms with Gasteiger partial charge in [0, 0.05) is 19.6 Å². The summed E-state index contributed by atoms with van der Waals surface area (Å²) >= 11 is 5.97. The van der Waals surface area contributed by atoms with Crippen molar-refractivity contribution in [2.75, 3.05) is 39.5 Å². The molecule has 0 saturated carbocycles. The molecule has 0 aliphatic heterocycles. The third-order valence-corrected chi connectivity index (χ3v) is 2.99. The normalized spacial score (nSPS) is 10.8. The van der Waals surface area contributed by atoms with Crippen LogP contribution in [0.1, 0.15) is 23.7 Å². The maximum Gasteiger partial charge on any atom is 0.257 e. The molecule has 19 heavy (non-hydrogen) atoms. The quantitative estimate of drug-likeness (QED) is 0.808. The number of halogens is 1. The lowest BCUT2D eigenvalue weighted by atomic mass is 10.2. The molecule has 1 aromatic rings. The number of likely N-dealkylation sites (N-methyl/N-ethyl adjacent to an activating group) is 1. The van der Waals surface area contributed by atoms with Gasteiger partial charge in [-0.15, -0.1) is 0 Å². The molecule has 1 amide bonds. The first-order valence-corrected chi connectivity index (χ1v) is 6.68. The Labute approximate surface area is 119 Å². The van der Waals surface area contributed by atoms with Gasteiger partial charge >= 0.3 is 0 Å². The van der Waals surface area contributed by atoms with Crippen molar-refractivity contribution in [2.45, 2.75) is 13.3 Å². The van der Waals surface area contributed by atoms with Crippen LogP contribution in [0.15, 0.2) is 12.3 Å². The van der Waals surface area contributed by atoms with Gasteiger partial charge in [0.1, 0.15) is 5.15 Å². The van der Waals surface area contributed by atoms with E-state index >= 15 is 0 Å². The minimum absolute atomic E-state index is 0.117. The third-order valence-electron chi connectivity index (χ3n) is 2.69. The number of carbonyl (C=O) groups is 1. The summed E-state index contributed by atoms with van der Waals surface area (Å²) in [5.74, 6) is -0.117. The number of nitrogens with two attached hydrogens (primary N) is 1. The summed E-state index contributed by atoms with van der Waals surface area (Å²) < 4.78 is 0. The van der Waals surface area contributed by atoms with Gasteiger partial charge in [-0.25, -0.2) is 4.98 Å². The molecule has 1 heterocycles. The summed E-state index contributed by atoms with van der Waals surface area (Å²) in [6.45, 7) is 4.19. The van der Waals surface area contributed by atoms with Gasteiger partial charge < -0.3 is 15.5 Å². The van der Waals surface area contributed by atoms with Crippen molar-refractivity contribution >= 4 is 23.2 Å². The van der Waals surface area contributed by atoms with Crippen LogP contribution in [0.5, 0.6) is 0 Å². The van der Waals surface area contributed by atoms with Crippen molar-refractivity contribution < 1.29 is 4.79 Å². The highest BCUT2D eigenvalue weighted by Gasteiger charge is 2.18. The number of rotatable bonds is 6. The Bertz CT molecular complexity index is 437. The van der Waals surface area contributed by atoms with E-state index in [9.17, 15) is 4.79 Å². The predicted molar refractivity (Wildman–Crippen MR) is 78.4 cm³/mol. The van der Waals surface area contributed by atoms with Crippen molar-refractivity contribution in [2.24, 2.45) is 0 Å². The number of carbonyl (C=O) groups excluding carboxylic acids is 1. The highest BCUT2D eigenvalue weighted by molar-refractivity contribution is 6.32. The Morgan fingerprint density at radius 2 is 2.05 bits per heavy atom. The van der Waals surface area contributed by atoms with Crippen molar-refractivity contribution in [3.05, 3.63) is 23.0 Å². The average Bonchev–Trinajstić information content (AvgIpc) is 2.36. The zero-order chi connectivity index (χ0) is 14.4. The summed E-state index contributed by atoms with van der Waals surface area (Å²) in [6.07, 6.45) is 2.34. The standard InChI is InChI=1S/C13H21ClN4O/c1-4-5-18(7-6-17(2)3)13(19)11-8-10(15)9-16-12(11)14/h8-9H,4-7,15H2,1-3H3. The Morgan fingerprint density at radius 1 is 1.37 bits per heavy atom. The Kier molecular flexibility index (Phi) is 6.05. The van der Waals surface area contributed by atoms with Crippen LogP contribution in [0.2, 0.25) is 5.15 Å². The van der Waals surface area contributed by atoms with Crippen molar-refractivity contribution in [1.29, 1.82) is 0 Å². The number of nitrogens with zero attached hydrogens (tertiary/aromatic N) is 3. The molecule has 0 saturated heterocycles. The van der Waals surface area contributed by atoms with Gasteiger partial charge in [0.2, 0.25) is 0 Å². The van der Waals surface area contributed by atoms with Crippen molar-refractivity contribution in [1.82, 2.24) is 14.8 Å². The third kappa shape index (κ3) is 4.69. The molecule has 0 aliphatic carbocycles. The molecule has 106 valence electrons. The second-order valence-corrected chi connectivity index (χ2v) is 5.06. The van der Waals surface area contributed by atoms with Gasteiger partial charge in [-0.05, 0) is 26.6 Å². The summed E-state index contributed by atoms with van der Waals surface area (Å²) in [6, 6.07) is 1.58. The summed E-state index contributed by atoms with van der Waals surface area (Å²) in [4.78, 5) is 20.2. The first-order valence-electron chi connectivity index (χ1n) is 6.30. The van der Waals surface area contributed by atoms with Crippen molar-refractivity contribution in [3.8, 4) is 0 Å². The fourth-order valence-electron chi connectivity index (χ4n) is 1.69. The van der Waals surface area contributed by atoms with Gasteiger partial charge in [-0.1, -0.05) is 18.5 Å². The van der Waals surface area contributed by atoms with Crippen LogP contribution in [0.25, 0.3) is 0 Å². The van der Waals surface area contributed by atoms with E-state index in [0.717, 1.165) is 13.0 Å². The van der Waals surface area contributed by atoms with E-state index in [4.69, 9.17) is 17.3 Å². The largest absolute Gasteiger partial charge is 0.397 e. The van der Waals surface area contributed by atoms with Gasteiger partial charge in [0.25, 0.3) is 5.91 Å². The van der Waals surface area contributed by atoms with Crippen LogP contribution in [0.3, 0.4) is 0 Å². The van der Waals surface area contributed by atoms with Gasteiger partial charge in [-0.2, -0.15) is 0 Å². The average molecular weight is 285 g/mol. The maximum atomic E-state index is 12.4. The zero-order valence-electron chi connectivity index (χ0n) is 11.7. The smallest absolute Gasteiger partial charge is 0.257 e. The summed E-state index contributed by atoms with van der Waals surface area (Å²) in [5, 5.41) is 0.199. The van der Waals surface area contributed by atoms with Crippen LogP contribution in [-0.4, -0.2) is 54.4 Å². The molecule has 6 heteroatoms. The van der Waals surface area contributed by atoms with E-state index in [2.05, 4.69) is 4.98 Å². The molecule has 0 spiro atoms. The van der Waals surface area contributed by atoms with Crippen LogP contribution in [-0.2, 0) is 0 Å².